The number of imidazole rings is 2. The van der Waals surface area contributed by atoms with Gasteiger partial charge in [-0.05, 0) is 37.1 Å². The number of nitrogens with zero attached hydrogens (tertiary/aromatic N) is 6. The number of nitrogens with one attached hydrogen (secondary N) is 2. The van der Waals surface area contributed by atoms with Crippen molar-refractivity contribution in [2.75, 3.05) is 44.7 Å². The van der Waals surface area contributed by atoms with Crippen LogP contribution in [0.25, 0.3) is 22.1 Å². The zero-order valence-electron chi connectivity index (χ0n) is 22.3. The minimum absolute atomic E-state index is 0.0352. The molecule has 206 valence electrons. The normalized spacial score (nSPS) is 16.2. The number of hydrogen-bond donors (Lipinski definition) is 3. The van der Waals surface area contributed by atoms with Crippen molar-refractivity contribution < 1.29 is 14.4 Å². The van der Waals surface area contributed by atoms with Crippen LogP contribution in [-0.2, 0) is 17.8 Å². The molecule has 0 radical (unpaired) electrons. The van der Waals surface area contributed by atoms with Gasteiger partial charge in [-0.15, -0.1) is 0 Å². The first-order valence-corrected chi connectivity index (χ1v) is 13.9. The second kappa shape index (κ2) is 10.4. The van der Waals surface area contributed by atoms with Crippen molar-refractivity contribution >= 4 is 28.0 Å². The molecular weight excluding hydrogens is 508 g/mol. The molecule has 0 unspecified atom stereocenters. The number of rotatable bonds is 9. The highest BCUT2D eigenvalue weighted by atomic mass is 16.5. The lowest BCUT2D eigenvalue weighted by Gasteiger charge is -2.26. The van der Waals surface area contributed by atoms with Gasteiger partial charge in [0.05, 0.1) is 36.3 Å². The van der Waals surface area contributed by atoms with Crippen LogP contribution in [0.4, 0.5) is 5.95 Å². The number of morpholine rings is 1. The second-order valence-electron chi connectivity index (χ2n) is 10.6. The number of anilines is 1. The number of fused-ring (bicyclic) bond motifs is 2. The molecule has 11 nitrogen and oxygen atoms in total. The molecule has 1 aliphatic carbocycles. The zero-order chi connectivity index (χ0) is 27.1. The molecule has 1 aliphatic heterocycles. The topological polar surface area (TPSA) is 117 Å². The fraction of sp³-hybridized carbons (Fsp3) is 0.379. The maximum atomic E-state index is 12.5. The molecule has 5 aromatic rings. The molecule has 0 spiro atoms. The van der Waals surface area contributed by atoms with Crippen molar-refractivity contribution in [2.45, 2.75) is 32.0 Å². The Labute approximate surface area is 230 Å². The SMILES string of the molecule is O=c1[nH]c2c[n+](Cc3ccc4nc(NCCN5CCOCC5)n(Cc5ncccc5O)c4c3)ccc2n1C1CC1. The second-order valence-corrected chi connectivity index (χ2v) is 10.6. The number of H-pyrrole nitrogens is 1. The third kappa shape index (κ3) is 4.93. The number of benzene rings is 1. The van der Waals surface area contributed by atoms with E-state index in [1.165, 1.54) is 0 Å². The van der Waals surface area contributed by atoms with Gasteiger partial charge in [-0.3, -0.25) is 14.5 Å². The van der Waals surface area contributed by atoms with Crippen LogP contribution in [0.15, 0.2) is 59.8 Å². The van der Waals surface area contributed by atoms with Gasteiger partial charge in [0.1, 0.15) is 17.0 Å². The number of aromatic amines is 1. The molecular formula is C29H33N8O3+. The van der Waals surface area contributed by atoms with Crippen LogP contribution in [0.5, 0.6) is 5.75 Å². The van der Waals surface area contributed by atoms with Crippen LogP contribution < -0.4 is 15.6 Å². The molecule has 4 aromatic heterocycles. The van der Waals surface area contributed by atoms with Gasteiger partial charge in [0.15, 0.2) is 18.9 Å². The first-order chi connectivity index (χ1) is 19.6. The highest BCUT2D eigenvalue weighted by Gasteiger charge is 2.28. The summed E-state index contributed by atoms with van der Waals surface area (Å²) < 4.78 is 11.5. The van der Waals surface area contributed by atoms with E-state index in [9.17, 15) is 9.90 Å². The molecule has 0 atom stereocenters. The number of aromatic hydroxyl groups is 1. The number of pyridine rings is 2. The van der Waals surface area contributed by atoms with Crippen LogP contribution in [-0.4, -0.2) is 73.5 Å². The molecule has 5 heterocycles. The Balaban J connectivity index is 1.18. The fourth-order valence-electron chi connectivity index (χ4n) is 5.54. The van der Waals surface area contributed by atoms with Gasteiger partial charge in [-0.25, -0.2) is 9.78 Å². The van der Waals surface area contributed by atoms with E-state index in [0.717, 1.165) is 85.8 Å². The van der Waals surface area contributed by atoms with E-state index in [-0.39, 0.29) is 11.4 Å². The third-order valence-electron chi connectivity index (χ3n) is 7.79. The minimum atomic E-state index is -0.0352. The molecule has 11 heteroatoms. The van der Waals surface area contributed by atoms with Crippen LogP contribution in [0.2, 0.25) is 0 Å². The summed E-state index contributed by atoms with van der Waals surface area (Å²) in [4.78, 5) is 27.2. The third-order valence-corrected chi connectivity index (χ3v) is 7.79. The molecule has 7 rings (SSSR count). The first kappa shape index (κ1) is 24.8. The van der Waals surface area contributed by atoms with Crippen LogP contribution >= 0.6 is 0 Å². The number of aromatic nitrogens is 6. The Morgan fingerprint density at radius 1 is 1.15 bits per heavy atom. The molecule has 1 aromatic carbocycles. The predicted octanol–water partition coefficient (Wildman–Crippen LogP) is 2.24. The summed E-state index contributed by atoms with van der Waals surface area (Å²) in [5.74, 6) is 0.911. The maximum absolute atomic E-state index is 12.5. The average Bonchev–Trinajstić information content (AvgIpc) is 3.67. The molecule has 3 N–H and O–H groups in total. The van der Waals surface area contributed by atoms with Gasteiger partial charge in [-0.1, -0.05) is 6.07 Å². The summed E-state index contributed by atoms with van der Waals surface area (Å²) in [6, 6.07) is 12.0. The van der Waals surface area contributed by atoms with Gasteiger partial charge >= 0.3 is 5.69 Å². The lowest BCUT2D eigenvalue weighted by molar-refractivity contribution is -0.687. The summed E-state index contributed by atoms with van der Waals surface area (Å²) >= 11 is 0. The average molecular weight is 542 g/mol. The predicted molar refractivity (Wildman–Crippen MR) is 151 cm³/mol. The van der Waals surface area contributed by atoms with Crippen LogP contribution in [0, 0.1) is 0 Å². The van der Waals surface area contributed by atoms with Crippen molar-refractivity contribution in [2.24, 2.45) is 0 Å². The lowest BCUT2D eigenvalue weighted by atomic mass is 10.2. The van der Waals surface area contributed by atoms with Crippen molar-refractivity contribution in [1.82, 2.24) is 29.0 Å². The summed E-state index contributed by atoms with van der Waals surface area (Å²) in [6.07, 6.45) is 7.85. The van der Waals surface area contributed by atoms with E-state index in [4.69, 9.17) is 9.72 Å². The van der Waals surface area contributed by atoms with E-state index >= 15 is 0 Å². The van der Waals surface area contributed by atoms with Crippen molar-refractivity contribution in [3.8, 4) is 5.75 Å². The quantitative estimate of drug-likeness (QED) is 0.245. The summed E-state index contributed by atoms with van der Waals surface area (Å²) in [7, 11) is 0. The Morgan fingerprint density at radius 3 is 2.85 bits per heavy atom. The van der Waals surface area contributed by atoms with Gasteiger partial charge in [0.25, 0.3) is 0 Å². The van der Waals surface area contributed by atoms with E-state index in [1.807, 2.05) is 29.1 Å². The molecule has 0 bridgehead atoms. The Kier molecular flexibility index (Phi) is 6.45. The van der Waals surface area contributed by atoms with E-state index < -0.39 is 0 Å². The Bertz CT molecular complexity index is 1730. The largest absolute Gasteiger partial charge is 0.506 e. The zero-order valence-corrected chi connectivity index (χ0v) is 22.3. The minimum Gasteiger partial charge on any atom is -0.506 e. The van der Waals surface area contributed by atoms with Crippen LogP contribution in [0.3, 0.4) is 0 Å². The standard InChI is InChI=1S/C29H32N8O3/c38-27-2-1-8-30-24(27)19-36-26-16-20(3-6-22(26)32-28(36)31-9-11-34-12-14-40-15-13-34)17-35-10-7-25-23(18-35)33-29(39)37(25)21-4-5-21/h1-3,6-8,10,16,18,21H,4-5,9,11-15,17,19H2,(H2-,31,32,33,38,39)/p+1. The Hall–Kier alpha value is -4.22. The van der Waals surface area contributed by atoms with E-state index in [0.29, 0.717) is 24.8 Å². The van der Waals surface area contributed by atoms with Crippen molar-refractivity contribution in [1.29, 1.82) is 0 Å². The van der Waals surface area contributed by atoms with Gasteiger partial charge in [-0.2, -0.15) is 4.57 Å². The molecule has 0 amide bonds. The molecule has 40 heavy (non-hydrogen) atoms. The summed E-state index contributed by atoms with van der Waals surface area (Å²) in [6.45, 7) is 6.10. The van der Waals surface area contributed by atoms with Gasteiger partial charge < -0.3 is 24.7 Å². The smallest absolute Gasteiger partial charge is 0.326 e. The van der Waals surface area contributed by atoms with Gasteiger partial charge in [0.2, 0.25) is 5.95 Å². The molecule has 1 saturated heterocycles. The fourth-order valence-corrected chi connectivity index (χ4v) is 5.54. The van der Waals surface area contributed by atoms with E-state index in [1.54, 1.807) is 18.3 Å². The van der Waals surface area contributed by atoms with Crippen molar-refractivity contribution in [3.05, 3.63) is 76.7 Å². The molecule has 1 saturated carbocycles. The number of hydrogen-bond acceptors (Lipinski definition) is 7. The van der Waals surface area contributed by atoms with Crippen molar-refractivity contribution in [3.63, 3.8) is 0 Å². The van der Waals surface area contributed by atoms with Crippen LogP contribution in [0.1, 0.15) is 30.1 Å². The Morgan fingerprint density at radius 2 is 2.02 bits per heavy atom. The highest BCUT2D eigenvalue weighted by Crippen LogP contribution is 2.35. The first-order valence-electron chi connectivity index (χ1n) is 13.9. The summed E-state index contributed by atoms with van der Waals surface area (Å²) in [5, 5.41) is 14.0. The van der Waals surface area contributed by atoms with E-state index in [2.05, 4.69) is 41.5 Å². The monoisotopic (exact) mass is 541 g/mol. The lowest BCUT2D eigenvalue weighted by Crippen LogP contribution is -2.39. The molecule has 2 aliphatic rings. The number of ether oxygens (including phenoxy) is 1. The van der Waals surface area contributed by atoms with Gasteiger partial charge in [0, 0.05) is 50.0 Å². The summed E-state index contributed by atoms with van der Waals surface area (Å²) in [5.41, 5.74) is 5.31. The maximum Gasteiger partial charge on any atom is 0.326 e. The highest BCUT2D eigenvalue weighted by molar-refractivity contribution is 5.79. The molecule has 2 fully saturated rings.